The van der Waals surface area contributed by atoms with Gasteiger partial charge in [-0.05, 0) is 55.7 Å². The number of nitrogens with one attached hydrogen (secondary N) is 1. The maximum absolute atomic E-state index is 12.5. The number of likely N-dealkylation sites (tertiary alicyclic amines) is 1. The summed E-state index contributed by atoms with van der Waals surface area (Å²) in [6.07, 6.45) is -9.87. The SMILES string of the molecule is Cc1ccc(C(=O)Nc2ccnc(N(C)C3CCN(Cc4cccc(O)c4)CC3)c2)cn1.O=C(O)C(F)(F)F.O=C(O)C(F)(F)F.O=C(O)C(F)(F)F. The lowest BCUT2D eigenvalue weighted by Gasteiger charge is -2.37. The summed E-state index contributed by atoms with van der Waals surface area (Å²) >= 11 is 0. The molecule has 0 unspecified atom stereocenters. The van der Waals surface area contributed by atoms with E-state index in [-0.39, 0.29) is 5.91 Å². The molecule has 3 aromatic rings. The minimum Gasteiger partial charge on any atom is -0.508 e. The van der Waals surface area contributed by atoms with E-state index in [1.54, 1.807) is 30.6 Å². The van der Waals surface area contributed by atoms with Crippen molar-refractivity contribution in [3.63, 3.8) is 0 Å². The van der Waals surface area contributed by atoms with Crippen LogP contribution in [0.5, 0.6) is 5.75 Å². The monoisotopic (exact) mass is 773 g/mol. The van der Waals surface area contributed by atoms with E-state index in [4.69, 9.17) is 29.7 Å². The molecule has 13 nitrogen and oxygen atoms in total. The topological polar surface area (TPSA) is 193 Å². The number of carboxylic acids is 3. The average molecular weight is 774 g/mol. The van der Waals surface area contributed by atoms with Crippen molar-refractivity contribution in [1.29, 1.82) is 0 Å². The van der Waals surface area contributed by atoms with Gasteiger partial charge in [0.15, 0.2) is 0 Å². The van der Waals surface area contributed by atoms with Crippen LogP contribution in [0.2, 0.25) is 0 Å². The van der Waals surface area contributed by atoms with Gasteiger partial charge in [0.25, 0.3) is 5.91 Å². The quantitative estimate of drug-likeness (QED) is 0.191. The van der Waals surface area contributed by atoms with Gasteiger partial charge in [0.1, 0.15) is 11.6 Å². The van der Waals surface area contributed by atoms with Crippen molar-refractivity contribution >= 4 is 35.3 Å². The lowest BCUT2D eigenvalue weighted by Crippen LogP contribution is -2.43. The molecule has 0 radical (unpaired) electrons. The molecule has 2 aromatic heterocycles. The van der Waals surface area contributed by atoms with Crippen molar-refractivity contribution < 1.29 is 79.1 Å². The molecule has 0 bridgehead atoms. The minimum absolute atomic E-state index is 0.183. The fourth-order valence-corrected chi connectivity index (χ4v) is 4.06. The van der Waals surface area contributed by atoms with E-state index < -0.39 is 36.4 Å². The Morgan fingerprint density at radius 1 is 0.811 bits per heavy atom. The molecule has 1 saturated heterocycles. The number of carboxylic acid groups (broad SMARTS) is 3. The number of halogens is 9. The van der Waals surface area contributed by atoms with Crippen LogP contribution < -0.4 is 10.2 Å². The number of phenolic OH excluding ortho intramolecular Hbond substituents is 1. The van der Waals surface area contributed by atoms with Crippen LogP contribution in [0.15, 0.2) is 60.9 Å². The van der Waals surface area contributed by atoms with Gasteiger partial charge in [0.05, 0.1) is 5.56 Å². The molecule has 0 saturated carbocycles. The highest BCUT2D eigenvalue weighted by Gasteiger charge is 2.39. The molecule has 1 amide bonds. The molecule has 292 valence electrons. The Kier molecular flexibility index (Phi) is 16.9. The van der Waals surface area contributed by atoms with Crippen molar-refractivity contribution in [1.82, 2.24) is 14.9 Å². The number of rotatable bonds is 6. The van der Waals surface area contributed by atoms with Gasteiger partial charge in [-0.3, -0.25) is 14.7 Å². The predicted molar refractivity (Wildman–Crippen MR) is 167 cm³/mol. The molecular weight excluding hydrogens is 741 g/mol. The summed E-state index contributed by atoms with van der Waals surface area (Å²) < 4.78 is 95.2. The first kappa shape index (κ1) is 45.4. The van der Waals surface area contributed by atoms with Crippen LogP contribution in [0.1, 0.15) is 34.5 Å². The number of phenols is 1. The number of hydrogen-bond donors (Lipinski definition) is 5. The van der Waals surface area contributed by atoms with Crippen LogP contribution in [0.25, 0.3) is 0 Å². The number of nitrogens with zero attached hydrogens (tertiary/aromatic N) is 4. The standard InChI is InChI=1S/C25H29N5O2.3C2HF3O2/c1-18-6-7-20(16-27-18)25(32)28-21-8-11-26-24(15-21)29(2)22-9-12-30(13-10-22)17-19-4-3-5-23(31)14-19;3*3-2(4,5)1(6)7/h3-8,11,14-16,22,31H,9-10,12-13,17H2,1-2H3,(H,26,28,32);3*(H,6,7). The predicted octanol–water partition coefficient (Wildman–Crippen LogP) is 5.74. The van der Waals surface area contributed by atoms with Gasteiger partial charge in [0, 0.05) is 62.6 Å². The second kappa shape index (κ2) is 19.8. The normalized spacial score (nSPS) is 13.4. The largest absolute Gasteiger partial charge is 0.508 e. The van der Waals surface area contributed by atoms with E-state index in [9.17, 15) is 49.4 Å². The highest BCUT2D eigenvalue weighted by molar-refractivity contribution is 6.04. The number of pyridine rings is 2. The van der Waals surface area contributed by atoms with E-state index in [0.717, 1.165) is 49.6 Å². The van der Waals surface area contributed by atoms with Gasteiger partial charge < -0.3 is 30.6 Å². The summed E-state index contributed by atoms with van der Waals surface area (Å²) in [5, 5.41) is 34.0. The van der Waals surface area contributed by atoms with Crippen LogP contribution >= 0.6 is 0 Å². The van der Waals surface area contributed by atoms with Gasteiger partial charge in [-0.2, -0.15) is 39.5 Å². The third-order valence-electron chi connectivity index (χ3n) is 6.69. The van der Waals surface area contributed by atoms with Crippen LogP contribution in [0, 0.1) is 6.92 Å². The molecule has 3 heterocycles. The summed E-state index contributed by atoms with van der Waals surface area (Å²) in [4.78, 5) is 52.5. The van der Waals surface area contributed by atoms with E-state index in [1.165, 1.54) is 0 Å². The Hall–Kier alpha value is -5.67. The number of aliphatic carboxylic acids is 3. The maximum atomic E-state index is 12.5. The summed E-state index contributed by atoms with van der Waals surface area (Å²) in [5.41, 5.74) is 3.25. The zero-order valence-electron chi connectivity index (χ0n) is 27.5. The molecule has 53 heavy (non-hydrogen) atoms. The number of aromatic nitrogens is 2. The number of piperidine rings is 1. The van der Waals surface area contributed by atoms with Crippen molar-refractivity contribution in [2.24, 2.45) is 0 Å². The van der Waals surface area contributed by atoms with Crippen molar-refractivity contribution in [2.45, 2.75) is 50.9 Å². The van der Waals surface area contributed by atoms with Crippen molar-refractivity contribution in [2.75, 3.05) is 30.4 Å². The number of hydrogen-bond acceptors (Lipinski definition) is 9. The number of benzene rings is 1. The fourth-order valence-electron chi connectivity index (χ4n) is 4.06. The first-order valence-corrected chi connectivity index (χ1v) is 14.6. The minimum atomic E-state index is -5.08. The molecule has 0 atom stereocenters. The highest BCUT2D eigenvalue weighted by Crippen LogP contribution is 2.24. The average Bonchev–Trinajstić information content (AvgIpc) is 3.05. The van der Waals surface area contributed by atoms with Gasteiger partial charge in [-0.15, -0.1) is 0 Å². The number of aromatic hydroxyl groups is 1. The number of anilines is 2. The molecule has 5 N–H and O–H groups in total. The van der Waals surface area contributed by atoms with Gasteiger partial charge in [0.2, 0.25) is 0 Å². The number of carbonyl (C=O) groups excluding carboxylic acids is 1. The van der Waals surface area contributed by atoms with Crippen LogP contribution in [0.3, 0.4) is 0 Å². The van der Waals surface area contributed by atoms with Crippen LogP contribution in [0.4, 0.5) is 51.0 Å². The first-order chi connectivity index (χ1) is 24.3. The smallest absolute Gasteiger partial charge is 0.490 e. The highest BCUT2D eigenvalue weighted by atomic mass is 19.4. The first-order valence-electron chi connectivity index (χ1n) is 14.6. The van der Waals surface area contributed by atoms with Crippen molar-refractivity contribution in [3.8, 4) is 5.75 Å². The third-order valence-corrected chi connectivity index (χ3v) is 6.69. The molecule has 22 heteroatoms. The van der Waals surface area contributed by atoms with E-state index in [2.05, 4.69) is 32.1 Å². The third kappa shape index (κ3) is 17.4. The van der Waals surface area contributed by atoms with Gasteiger partial charge in [-0.25, -0.2) is 19.4 Å². The van der Waals surface area contributed by atoms with E-state index >= 15 is 0 Å². The maximum Gasteiger partial charge on any atom is 0.490 e. The number of aryl methyl sites for hydroxylation is 1. The Labute approximate surface area is 294 Å². The van der Waals surface area contributed by atoms with Crippen molar-refractivity contribution in [3.05, 3.63) is 77.7 Å². The fraction of sp³-hybridized carbons (Fsp3) is 0.355. The Morgan fingerprint density at radius 2 is 1.32 bits per heavy atom. The summed E-state index contributed by atoms with van der Waals surface area (Å²) in [7, 11) is 2.06. The summed E-state index contributed by atoms with van der Waals surface area (Å²) in [6.45, 7) is 4.71. The summed E-state index contributed by atoms with van der Waals surface area (Å²) in [6, 6.07) is 15.2. The molecule has 4 rings (SSSR count). The molecule has 0 spiro atoms. The number of alkyl halides is 9. The second-order valence-corrected chi connectivity index (χ2v) is 10.7. The molecular formula is C31H32F9N5O8. The lowest BCUT2D eigenvalue weighted by atomic mass is 10.0. The Balaban J connectivity index is 0.000000545. The zero-order chi connectivity index (χ0) is 40.7. The van der Waals surface area contributed by atoms with E-state index in [0.29, 0.717) is 23.0 Å². The van der Waals surface area contributed by atoms with Crippen LogP contribution in [-0.4, -0.2) is 104 Å². The number of amides is 1. The molecule has 1 aliphatic rings. The van der Waals surface area contributed by atoms with E-state index in [1.807, 2.05) is 37.3 Å². The molecule has 1 fully saturated rings. The lowest BCUT2D eigenvalue weighted by molar-refractivity contribution is -0.193. The molecule has 1 aromatic carbocycles. The number of carbonyl (C=O) groups is 4. The second-order valence-electron chi connectivity index (χ2n) is 10.7. The zero-order valence-corrected chi connectivity index (χ0v) is 27.5. The Bertz CT molecular complexity index is 1610. The van der Waals surface area contributed by atoms with Gasteiger partial charge >= 0.3 is 36.4 Å². The molecule has 1 aliphatic heterocycles. The van der Waals surface area contributed by atoms with Crippen LogP contribution in [-0.2, 0) is 20.9 Å². The van der Waals surface area contributed by atoms with Gasteiger partial charge in [-0.1, -0.05) is 12.1 Å². The molecule has 0 aliphatic carbocycles. The Morgan fingerprint density at radius 3 is 1.75 bits per heavy atom. The summed E-state index contributed by atoms with van der Waals surface area (Å²) in [5.74, 6) is -7.30.